The molecule has 2 aromatic rings. The zero-order chi connectivity index (χ0) is 26.2. The summed E-state index contributed by atoms with van der Waals surface area (Å²) in [5, 5.41) is 2.71. The van der Waals surface area contributed by atoms with Crippen LogP contribution >= 0.6 is 0 Å². The number of esters is 1. The Balaban J connectivity index is 1.41. The first-order valence-corrected chi connectivity index (χ1v) is 15.5. The van der Waals surface area contributed by atoms with Crippen LogP contribution in [0.4, 0.5) is 0 Å². The molecule has 1 aliphatic rings. The molecule has 2 atom stereocenters. The molecular formula is C31H46O4Si. The molecule has 5 heteroatoms. The predicted molar refractivity (Wildman–Crippen MR) is 150 cm³/mol. The molecule has 36 heavy (non-hydrogen) atoms. The van der Waals surface area contributed by atoms with Crippen molar-refractivity contribution in [3.8, 4) is 0 Å². The van der Waals surface area contributed by atoms with Crippen LogP contribution in [0.2, 0.25) is 5.04 Å². The lowest BCUT2D eigenvalue weighted by atomic mass is 9.97. The minimum absolute atomic E-state index is 0.0255. The summed E-state index contributed by atoms with van der Waals surface area (Å²) in [6, 6.07) is 21.7. The van der Waals surface area contributed by atoms with Crippen LogP contribution in [0.5, 0.6) is 0 Å². The maximum Gasteiger partial charge on any atom is 0.311 e. The molecule has 0 amide bonds. The summed E-state index contributed by atoms with van der Waals surface area (Å²) in [5.41, 5.74) is -0.453. The Morgan fingerprint density at radius 2 is 1.31 bits per heavy atom. The van der Waals surface area contributed by atoms with Crippen molar-refractivity contribution in [3.05, 3.63) is 60.7 Å². The number of epoxide rings is 1. The lowest BCUT2D eigenvalue weighted by Gasteiger charge is -2.43. The van der Waals surface area contributed by atoms with Gasteiger partial charge in [-0.05, 0) is 49.0 Å². The molecule has 2 aromatic carbocycles. The molecule has 0 spiro atoms. The fourth-order valence-electron chi connectivity index (χ4n) is 4.92. The highest BCUT2D eigenvalue weighted by molar-refractivity contribution is 6.99. The summed E-state index contributed by atoms with van der Waals surface area (Å²) >= 11 is 0. The zero-order valence-electron chi connectivity index (χ0n) is 23.2. The van der Waals surface area contributed by atoms with Crippen LogP contribution in [0.3, 0.4) is 0 Å². The van der Waals surface area contributed by atoms with E-state index in [9.17, 15) is 4.79 Å². The summed E-state index contributed by atoms with van der Waals surface area (Å²) < 4.78 is 18.0. The zero-order valence-corrected chi connectivity index (χ0v) is 24.2. The van der Waals surface area contributed by atoms with Gasteiger partial charge in [0.1, 0.15) is 12.7 Å². The molecule has 1 heterocycles. The van der Waals surface area contributed by atoms with Crippen molar-refractivity contribution < 1.29 is 18.7 Å². The second-order valence-corrected chi connectivity index (χ2v) is 16.4. The van der Waals surface area contributed by atoms with E-state index in [-0.39, 0.29) is 23.2 Å². The van der Waals surface area contributed by atoms with Crippen LogP contribution in [-0.4, -0.2) is 39.7 Å². The first-order chi connectivity index (χ1) is 17.1. The van der Waals surface area contributed by atoms with Gasteiger partial charge in [-0.1, -0.05) is 107 Å². The number of hydrogen-bond acceptors (Lipinski definition) is 4. The van der Waals surface area contributed by atoms with E-state index in [1.165, 1.54) is 29.6 Å². The molecular weight excluding hydrogens is 464 g/mol. The molecule has 0 radical (unpaired) electrons. The smallest absolute Gasteiger partial charge is 0.311 e. The molecule has 1 saturated heterocycles. The van der Waals surface area contributed by atoms with Gasteiger partial charge in [-0.2, -0.15) is 0 Å². The Hall–Kier alpha value is -1.95. The van der Waals surface area contributed by atoms with E-state index in [1.54, 1.807) is 0 Å². The molecule has 1 aliphatic heterocycles. The fourth-order valence-corrected chi connectivity index (χ4v) is 9.52. The normalized spacial score (nSPS) is 18.2. The number of benzene rings is 2. The summed E-state index contributed by atoms with van der Waals surface area (Å²) in [5.74, 6) is -0.156. The Morgan fingerprint density at radius 1 is 0.778 bits per heavy atom. The predicted octanol–water partition coefficient (Wildman–Crippen LogP) is 6.26. The monoisotopic (exact) mass is 510 g/mol. The van der Waals surface area contributed by atoms with Crippen molar-refractivity contribution in [2.24, 2.45) is 5.41 Å². The maximum atomic E-state index is 11.9. The van der Waals surface area contributed by atoms with Gasteiger partial charge < -0.3 is 13.9 Å². The molecule has 4 nitrogen and oxygen atoms in total. The van der Waals surface area contributed by atoms with Gasteiger partial charge >= 0.3 is 5.97 Å². The average molecular weight is 511 g/mol. The van der Waals surface area contributed by atoms with E-state index in [4.69, 9.17) is 13.9 Å². The minimum atomic E-state index is -2.42. The quantitative estimate of drug-likeness (QED) is 0.138. The standard InChI is InChI=1S/C31H46O4Si/c1-30(2,3)29(32)33-24-28-27(35-28)22-16-8-7-9-17-23-34-36(31(4,5)6,25-18-12-10-13-19-25)26-20-14-11-15-21-26/h10-15,18-21,27-28H,7-9,16-17,22-24H2,1-6H3/t27-,28-/m0/s1. The lowest BCUT2D eigenvalue weighted by molar-refractivity contribution is -0.153. The van der Waals surface area contributed by atoms with Crippen molar-refractivity contribution >= 4 is 24.7 Å². The highest BCUT2D eigenvalue weighted by atomic mass is 28.4. The second kappa shape index (κ2) is 12.5. The number of carbonyl (C=O) groups excluding carboxylic acids is 1. The first kappa shape index (κ1) is 28.6. The molecule has 198 valence electrons. The number of rotatable bonds is 13. The number of hydrogen-bond donors (Lipinski definition) is 0. The van der Waals surface area contributed by atoms with E-state index in [0.29, 0.717) is 6.61 Å². The molecule has 0 aliphatic carbocycles. The molecule has 0 aromatic heterocycles. The highest BCUT2D eigenvalue weighted by Gasteiger charge is 2.50. The maximum absolute atomic E-state index is 11.9. The van der Waals surface area contributed by atoms with Crippen molar-refractivity contribution in [1.29, 1.82) is 0 Å². The van der Waals surface area contributed by atoms with Crippen LogP contribution < -0.4 is 10.4 Å². The molecule has 0 N–H and O–H groups in total. The summed E-state index contributed by atoms with van der Waals surface area (Å²) in [4.78, 5) is 11.9. The minimum Gasteiger partial charge on any atom is -0.462 e. The lowest BCUT2D eigenvalue weighted by Crippen LogP contribution is -2.66. The van der Waals surface area contributed by atoms with Gasteiger partial charge in [0, 0.05) is 6.61 Å². The van der Waals surface area contributed by atoms with Gasteiger partial charge in [0.15, 0.2) is 0 Å². The van der Waals surface area contributed by atoms with E-state index in [1.807, 2.05) is 20.8 Å². The molecule has 0 saturated carbocycles. The number of unbranched alkanes of at least 4 members (excludes halogenated alkanes) is 4. The van der Waals surface area contributed by atoms with Crippen LogP contribution in [0.15, 0.2) is 60.7 Å². The third-order valence-electron chi connectivity index (χ3n) is 7.05. The Bertz CT molecular complexity index is 891. The van der Waals surface area contributed by atoms with Crippen molar-refractivity contribution in [3.63, 3.8) is 0 Å². The average Bonchev–Trinajstić information content (AvgIpc) is 3.59. The van der Waals surface area contributed by atoms with Crippen LogP contribution in [0.25, 0.3) is 0 Å². The Kier molecular flexibility index (Phi) is 9.96. The summed E-state index contributed by atoms with van der Waals surface area (Å²) in [6.07, 6.45) is 7.23. The first-order valence-electron chi connectivity index (χ1n) is 13.6. The number of carbonyl (C=O) groups is 1. The van der Waals surface area contributed by atoms with E-state index in [0.717, 1.165) is 25.9 Å². The Morgan fingerprint density at radius 3 is 1.83 bits per heavy atom. The SMILES string of the molecule is CC(C)(C)C(=O)OC[C@@H]1O[C@H]1CCCCCCCO[Si](c1ccccc1)(c1ccccc1)C(C)(C)C. The van der Waals surface area contributed by atoms with Gasteiger partial charge in [0.05, 0.1) is 11.5 Å². The third kappa shape index (κ3) is 7.53. The van der Waals surface area contributed by atoms with Gasteiger partial charge in [-0.15, -0.1) is 0 Å². The second-order valence-electron chi connectivity index (χ2n) is 12.1. The van der Waals surface area contributed by atoms with Gasteiger partial charge in [-0.25, -0.2) is 0 Å². The molecule has 0 unspecified atom stereocenters. The number of ether oxygens (including phenoxy) is 2. The largest absolute Gasteiger partial charge is 0.462 e. The van der Waals surface area contributed by atoms with E-state index < -0.39 is 13.7 Å². The van der Waals surface area contributed by atoms with Crippen molar-refractivity contribution in [2.75, 3.05) is 13.2 Å². The third-order valence-corrected chi connectivity index (χ3v) is 12.1. The van der Waals surface area contributed by atoms with E-state index in [2.05, 4.69) is 81.4 Å². The van der Waals surface area contributed by atoms with Crippen LogP contribution in [0, 0.1) is 5.41 Å². The molecule has 3 rings (SSSR count). The van der Waals surface area contributed by atoms with Crippen molar-refractivity contribution in [2.45, 2.75) is 97.3 Å². The summed E-state index contributed by atoms with van der Waals surface area (Å²) in [7, 11) is -2.42. The van der Waals surface area contributed by atoms with E-state index >= 15 is 0 Å². The summed E-state index contributed by atoms with van der Waals surface area (Å²) in [6.45, 7) is 13.8. The Labute approximate surface area is 219 Å². The topological polar surface area (TPSA) is 48.1 Å². The highest BCUT2D eigenvalue weighted by Crippen LogP contribution is 2.37. The van der Waals surface area contributed by atoms with Crippen LogP contribution in [-0.2, 0) is 18.7 Å². The molecule has 0 bridgehead atoms. The molecule has 1 fully saturated rings. The van der Waals surface area contributed by atoms with Gasteiger partial charge in [-0.3, -0.25) is 4.79 Å². The fraction of sp³-hybridized carbons (Fsp3) is 0.581. The van der Waals surface area contributed by atoms with Crippen molar-refractivity contribution in [1.82, 2.24) is 0 Å². The van der Waals surface area contributed by atoms with Gasteiger partial charge in [0.25, 0.3) is 8.32 Å². The van der Waals surface area contributed by atoms with Gasteiger partial charge in [0.2, 0.25) is 0 Å². The van der Waals surface area contributed by atoms with Crippen LogP contribution in [0.1, 0.15) is 80.1 Å².